The average Bonchev–Trinajstić information content (AvgIpc) is 2.76. The predicted molar refractivity (Wildman–Crippen MR) is 56.1 cm³/mol. The van der Waals surface area contributed by atoms with Crippen LogP contribution in [0.5, 0.6) is 0 Å². The Kier molecular flexibility index (Phi) is 2.94. The van der Waals surface area contributed by atoms with Gasteiger partial charge in [-0.15, -0.1) is 0 Å². The van der Waals surface area contributed by atoms with E-state index >= 15 is 0 Å². The van der Waals surface area contributed by atoms with Gasteiger partial charge in [0.05, 0.1) is 5.69 Å². The molecule has 0 unspecified atom stereocenters. The monoisotopic (exact) mass is 257 g/mol. The van der Waals surface area contributed by atoms with Gasteiger partial charge in [-0.2, -0.15) is 13.2 Å². The van der Waals surface area contributed by atoms with Crippen LogP contribution in [0.1, 0.15) is 10.5 Å². The number of halogens is 4. The standard InChI is InChI=1S/C12H7F4NO/c13-8-3-5-9(6-4-8)17-7-1-2-10(17)11(18)12(14,15)16/h1-7H. The summed E-state index contributed by atoms with van der Waals surface area (Å²) in [5, 5.41) is 0. The summed E-state index contributed by atoms with van der Waals surface area (Å²) in [4.78, 5) is 11.2. The van der Waals surface area contributed by atoms with Gasteiger partial charge in [0.2, 0.25) is 0 Å². The van der Waals surface area contributed by atoms with Crippen LogP contribution in [-0.2, 0) is 0 Å². The van der Waals surface area contributed by atoms with E-state index in [1.165, 1.54) is 24.4 Å². The molecule has 0 aliphatic rings. The molecule has 0 aliphatic carbocycles. The number of carbonyl (C=O) groups is 1. The molecule has 0 radical (unpaired) electrons. The zero-order valence-corrected chi connectivity index (χ0v) is 8.91. The largest absolute Gasteiger partial charge is 0.456 e. The maximum Gasteiger partial charge on any atom is 0.456 e. The van der Waals surface area contributed by atoms with Crippen LogP contribution in [0.2, 0.25) is 0 Å². The Hall–Kier alpha value is -2.11. The number of carbonyl (C=O) groups excluding carboxylic acids is 1. The van der Waals surface area contributed by atoms with Crippen LogP contribution < -0.4 is 0 Å². The van der Waals surface area contributed by atoms with E-state index in [9.17, 15) is 22.4 Å². The third kappa shape index (κ3) is 2.27. The predicted octanol–water partition coefficient (Wildman–Crippen LogP) is 3.36. The van der Waals surface area contributed by atoms with Gasteiger partial charge in [-0.3, -0.25) is 4.79 Å². The molecule has 2 rings (SSSR count). The molecule has 6 heteroatoms. The van der Waals surface area contributed by atoms with E-state index < -0.39 is 23.5 Å². The van der Waals surface area contributed by atoms with E-state index in [-0.39, 0.29) is 5.69 Å². The molecule has 94 valence electrons. The summed E-state index contributed by atoms with van der Waals surface area (Å²) in [5.41, 5.74) is -0.219. The number of Topliss-reactive ketones (excluding diaryl/α,β-unsaturated/α-hetero) is 1. The highest BCUT2D eigenvalue weighted by atomic mass is 19.4. The number of benzene rings is 1. The van der Waals surface area contributed by atoms with Gasteiger partial charge < -0.3 is 4.57 Å². The lowest BCUT2D eigenvalue weighted by molar-refractivity contribution is -0.0889. The van der Waals surface area contributed by atoms with Crippen molar-refractivity contribution in [3.8, 4) is 5.69 Å². The van der Waals surface area contributed by atoms with Crippen molar-refractivity contribution in [2.24, 2.45) is 0 Å². The van der Waals surface area contributed by atoms with E-state index in [0.29, 0.717) is 0 Å². The molecule has 0 fully saturated rings. The molecule has 0 amide bonds. The lowest BCUT2D eigenvalue weighted by atomic mass is 10.2. The molecule has 0 saturated heterocycles. The van der Waals surface area contributed by atoms with Crippen LogP contribution in [0.3, 0.4) is 0 Å². The van der Waals surface area contributed by atoms with Gasteiger partial charge in [0.25, 0.3) is 5.78 Å². The van der Waals surface area contributed by atoms with Gasteiger partial charge in [0.1, 0.15) is 5.82 Å². The molecular formula is C12H7F4NO. The number of aromatic nitrogens is 1. The lowest BCUT2D eigenvalue weighted by Crippen LogP contribution is -2.25. The van der Waals surface area contributed by atoms with Crippen LogP contribution >= 0.6 is 0 Å². The Morgan fingerprint density at radius 2 is 1.67 bits per heavy atom. The van der Waals surface area contributed by atoms with Gasteiger partial charge >= 0.3 is 6.18 Å². The number of rotatable bonds is 2. The van der Waals surface area contributed by atoms with E-state index in [2.05, 4.69) is 0 Å². The van der Waals surface area contributed by atoms with Crippen molar-refractivity contribution >= 4 is 5.78 Å². The minimum absolute atomic E-state index is 0.286. The average molecular weight is 257 g/mol. The minimum atomic E-state index is -4.93. The normalized spacial score (nSPS) is 11.6. The fourth-order valence-electron chi connectivity index (χ4n) is 1.54. The Morgan fingerprint density at radius 1 is 1.06 bits per heavy atom. The summed E-state index contributed by atoms with van der Waals surface area (Å²) in [7, 11) is 0. The highest BCUT2D eigenvalue weighted by molar-refractivity contribution is 5.99. The van der Waals surface area contributed by atoms with Crippen LogP contribution in [0.4, 0.5) is 17.6 Å². The van der Waals surface area contributed by atoms with Crippen LogP contribution in [-0.4, -0.2) is 16.5 Å². The Bertz CT molecular complexity index is 569. The molecule has 18 heavy (non-hydrogen) atoms. The summed E-state index contributed by atoms with van der Waals surface area (Å²) in [6.07, 6.45) is -3.62. The SMILES string of the molecule is O=C(c1cccn1-c1ccc(F)cc1)C(F)(F)F. The minimum Gasteiger partial charge on any atom is -0.314 e. The van der Waals surface area contributed by atoms with E-state index in [4.69, 9.17) is 0 Å². The molecule has 0 aliphatic heterocycles. The molecular weight excluding hydrogens is 250 g/mol. The number of ketones is 1. The van der Waals surface area contributed by atoms with Crippen molar-refractivity contribution in [2.45, 2.75) is 6.18 Å². The fraction of sp³-hybridized carbons (Fsp3) is 0.0833. The fourth-order valence-corrected chi connectivity index (χ4v) is 1.54. The zero-order chi connectivity index (χ0) is 13.3. The highest BCUT2D eigenvalue weighted by Crippen LogP contribution is 2.23. The number of nitrogens with zero attached hydrogens (tertiary/aromatic N) is 1. The third-order valence-corrected chi connectivity index (χ3v) is 2.34. The molecule has 0 atom stereocenters. The lowest BCUT2D eigenvalue weighted by Gasteiger charge is -2.10. The van der Waals surface area contributed by atoms with Crippen molar-refractivity contribution in [3.63, 3.8) is 0 Å². The summed E-state index contributed by atoms with van der Waals surface area (Å²) >= 11 is 0. The first-order valence-corrected chi connectivity index (χ1v) is 4.94. The summed E-state index contributed by atoms with van der Waals surface area (Å²) in [6, 6.07) is 7.20. The first kappa shape index (κ1) is 12.3. The molecule has 1 aromatic carbocycles. The van der Waals surface area contributed by atoms with Crippen LogP contribution in [0.15, 0.2) is 42.6 Å². The smallest absolute Gasteiger partial charge is 0.314 e. The molecule has 2 aromatic rings. The van der Waals surface area contributed by atoms with Crippen molar-refractivity contribution in [3.05, 3.63) is 54.1 Å². The maximum atomic E-state index is 12.7. The van der Waals surface area contributed by atoms with E-state index in [1.807, 2.05) is 0 Å². The Balaban J connectivity index is 2.45. The van der Waals surface area contributed by atoms with Crippen molar-refractivity contribution in [2.75, 3.05) is 0 Å². The van der Waals surface area contributed by atoms with Gasteiger partial charge in [-0.25, -0.2) is 4.39 Å². The van der Waals surface area contributed by atoms with Crippen molar-refractivity contribution < 1.29 is 22.4 Å². The van der Waals surface area contributed by atoms with E-state index in [0.717, 1.165) is 22.8 Å². The van der Waals surface area contributed by atoms with Crippen LogP contribution in [0.25, 0.3) is 5.69 Å². The van der Waals surface area contributed by atoms with Gasteiger partial charge in [-0.05, 0) is 36.4 Å². The molecule has 0 bridgehead atoms. The summed E-state index contributed by atoms with van der Waals surface area (Å²) in [5.74, 6) is -2.44. The molecule has 1 aromatic heterocycles. The molecule has 2 nitrogen and oxygen atoms in total. The van der Waals surface area contributed by atoms with Crippen LogP contribution in [0, 0.1) is 5.82 Å². The Labute approximate surface area is 99.5 Å². The molecule has 0 saturated carbocycles. The molecule has 0 spiro atoms. The first-order valence-electron chi connectivity index (χ1n) is 4.94. The number of hydrogen-bond acceptors (Lipinski definition) is 1. The second-order valence-electron chi connectivity index (χ2n) is 3.57. The third-order valence-electron chi connectivity index (χ3n) is 2.34. The Morgan fingerprint density at radius 3 is 2.22 bits per heavy atom. The molecule has 0 N–H and O–H groups in total. The highest BCUT2D eigenvalue weighted by Gasteiger charge is 2.40. The zero-order valence-electron chi connectivity index (χ0n) is 8.91. The van der Waals surface area contributed by atoms with Gasteiger partial charge in [-0.1, -0.05) is 0 Å². The van der Waals surface area contributed by atoms with E-state index in [1.54, 1.807) is 0 Å². The van der Waals surface area contributed by atoms with Gasteiger partial charge in [0.15, 0.2) is 0 Å². The summed E-state index contributed by atoms with van der Waals surface area (Å²) in [6.45, 7) is 0. The second kappa shape index (κ2) is 4.29. The maximum absolute atomic E-state index is 12.7. The summed E-state index contributed by atoms with van der Waals surface area (Å²) < 4.78 is 50.8. The quantitative estimate of drug-likeness (QED) is 0.597. The first-order chi connectivity index (χ1) is 8.39. The van der Waals surface area contributed by atoms with Crippen molar-refractivity contribution in [1.82, 2.24) is 4.57 Å². The number of hydrogen-bond donors (Lipinski definition) is 0. The number of alkyl halides is 3. The molecule has 1 heterocycles. The topological polar surface area (TPSA) is 22.0 Å². The van der Waals surface area contributed by atoms with Gasteiger partial charge in [0, 0.05) is 11.9 Å². The van der Waals surface area contributed by atoms with Crippen molar-refractivity contribution in [1.29, 1.82) is 0 Å². The second-order valence-corrected chi connectivity index (χ2v) is 3.57.